The summed E-state index contributed by atoms with van der Waals surface area (Å²) in [6.07, 6.45) is 1.45. The van der Waals surface area contributed by atoms with Crippen LogP contribution in [0.5, 0.6) is 17.2 Å². The van der Waals surface area contributed by atoms with Crippen molar-refractivity contribution in [2.24, 2.45) is 0 Å². The van der Waals surface area contributed by atoms with Crippen LogP contribution in [-0.4, -0.2) is 39.3 Å². The molecule has 136 valence electrons. The Morgan fingerprint density at radius 3 is 2.78 bits per heavy atom. The molecule has 0 radical (unpaired) electrons. The van der Waals surface area contributed by atoms with Gasteiger partial charge < -0.3 is 14.6 Å². The molecule has 8 heteroatoms. The predicted octanol–water partition coefficient (Wildman–Crippen LogP) is 2.44. The first-order valence-corrected chi connectivity index (χ1v) is 8.03. The fraction of sp³-hybridized carbons (Fsp3) is 0.105. The van der Waals surface area contributed by atoms with E-state index >= 15 is 0 Å². The van der Waals surface area contributed by atoms with E-state index in [-0.39, 0.29) is 23.5 Å². The summed E-state index contributed by atoms with van der Waals surface area (Å²) < 4.78 is 25.4. The molecule has 2 aromatic carbocycles. The van der Waals surface area contributed by atoms with Crippen molar-refractivity contribution in [1.82, 2.24) is 9.78 Å². The number of halogens is 1. The maximum Gasteiger partial charge on any atom is 0.291 e. The number of hydrogen-bond donors (Lipinski definition) is 1. The van der Waals surface area contributed by atoms with Gasteiger partial charge >= 0.3 is 0 Å². The summed E-state index contributed by atoms with van der Waals surface area (Å²) in [7, 11) is 0. The zero-order valence-corrected chi connectivity index (χ0v) is 13.8. The summed E-state index contributed by atoms with van der Waals surface area (Å²) in [5.74, 6) is -1.22. The number of hydrogen-bond acceptors (Lipinski definition) is 6. The minimum atomic E-state index is -0.926. The molecule has 0 spiro atoms. The van der Waals surface area contributed by atoms with E-state index in [1.807, 2.05) is 0 Å². The first kappa shape index (κ1) is 16.8. The van der Waals surface area contributed by atoms with Crippen molar-refractivity contribution in [3.8, 4) is 17.2 Å². The highest BCUT2D eigenvalue weighted by atomic mass is 19.1. The summed E-state index contributed by atoms with van der Waals surface area (Å²) in [4.78, 5) is 25.0. The molecule has 27 heavy (non-hydrogen) atoms. The zero-order chi connectivity index (χ0) is 19.0. The van der Waals surface area contributed by atoms with Gasteiger partial charge in [0.1, 0.15) is 18.2 Å². The second-order valence-corrected chi connectivity index (χ2v) is 5.87. The van der Waals surface area contributed by atoms with Crippen LogP contribution < -0.4 is 9.47 Å². The Hall–Kier alpha value is -3.68. The summed E-state index contributed by atoms with van der Waals surface area (Å²) >= 11 is 0. The Kier molecular flexibility index (Phi) is 4.08. The van der Waals surface area contributed by atoms with E-state index < -0.39 is 23.6 Å². The quantitative estimate of drug-likeness (QED) is 0.714. The molecule has 0 saturated heterocycles. The Morgan fingerprint density at radius 1 is 1.19 bits per heavy atom. The average molecular weight is 368 g/mol. The molecule has 1 aliphatic rings. The van der Waals surface area contributed by atoms with Crippen molar-refractivity contribution in [2.75, 3.05) is 6.61 Å². The molecule has 2 heterocycles. The molecule has 0 fully saturated rings. The van der Waals surface area contributed by atoms with Gasteiger partial charge in [0.05, 0.1) is 17.3 Å². The van der Waals surface area contributed by atoms with Gasteiger partial charge in [-0.25, -0.2) is 9.07 Å². The maximum absolute atomic E-state index is 13.4. The highest BCUT2D eigenvalue weighted by Crippen LogP contribution is 2.31. The molecule has 7 nitrogen and oxygen atoms in total. The lowest BCUT2D eigenvalue weighted by Crippen LogP contribution is -2.39. The fourth-order valence-electron chi connectivity index (χ4n) is 2.69. The minimum Gasteiger partial charge on any atom is -0.507 e. The normalized spacial score (nSPS) is 15.4. The second-order valence-electron chi connectivity index (χ2n) is 5.87. The maximum atomic E-state index is 13.4. The van der Waals surface area contributed by atoms with E-state index in [1.54, 1.807) is 24.3 Å². The number of fused-ring (bicyclic) bond motifs is 1. The van der Waals surface area contributed by atoms with Crippen molar-refractivity contribution in [1.29, 1.82) is 0 Å². The number of phenolic OH excluding ortho intramolecular Hbond substituents is 1. The molecule has 1 aromatic heterocycles. The molecule has 4 rings (SSSR count). The second kappa shape index (κ2) is 6.56. The number of rotatable bonds is 3. The lowest BCUT2D eigenvalue weighted by atomic mass is 10.1. The van der Waals surface area contributed by atoms with E-state index in [0.717, 1.165) is 22.9 Å². The Bertz CT molecular complexity index is 1050. The van der Waals surface area contributed by atoms with E-state index in [1.165, 1.54) is 12.4 Å². The Balaban J connectivity index is 1.55. The van der Waals surface area contributed by atoms with Crippen molar-refractivity contribution < 1.29 is 28.6 Å². The fourth-order valence-corrected chi connectivity index (χ4v) is 2.69. The predicted molar refractivity (Wildman–Crippen MR) is 90.7 cm³/mol. The largest absolute Gasteiger partial charge is 0.507 e. The van der Waals surface area contributed by atoms with Crippen LogP contribution in [0.25, 0.3) is 0 Å². The SMILES string of the molecule is O=C(c1cnn(C(=O)C2COc3ccccc3O2)c1)c1cc(F)ccc1O. The van der Waals surface area contributed by atoms with Crippen LogP contribution in [0.4, 0.5) is 4.39 Å². The van der Waals surface area contributed by atoms with Gasteiger partial charge in [0.2, 0.25) is 6.10 Å². The monoisotopic (exact) mass is 368 g/mol. The van der Waals surface area contributed by atoms with Gasteiger partial charge in [-0.2, -0.15) is 5.10 Å². The van der Waals surface area contributed by atoms with Gasteiger partial charge in [0, 0.05) is 6.20 Å². The van der Waals surface area contributed by atoms with E-state index in [0.29, 0.717) is 11.5 Å². The summed E-state index contributed by atoms with van der Waals surface area (Å²) in [6.45, 7) is 0.00364. The molecule has 0 saturated carbocycles. The van der Waals surface area contributed by atoms with Gasteiger partial charge in [-0.05, 0) is 30.3 Å². The van der Waals surface area contributed by atoms with Crippen molar-refractivity contribution in [3.05, 3.63) is 71.8 Å². The number of carbonyl (C=O) groups is 2. The number of para-hydroxylation sites is 2. The van der Waals surface area contributed by atoms with Gasteiger partial charge in [-0.15, -0.1) is 0 Å². The van der Waals surface area contributed by atoms with E-state index in [2.05, 4.69) is 5.10 Å². The van der Waals surface area contributed by atoms with Gasteiger partial charge in [-0.1, -0.05) is 12.1 Å². The highest BCUT2D eigenvalue weighted by Gasteiger charge is 2.29. The Morgan fingerprint density at radius 2 is 1.96 bits per heavy atom. The summed E-state index contributed by atoms with van der Waals surface area (Å²) in [5, 5.41) is 13.6. The summed E-state index contributed by atoms with van der Waals surface area (Å²) in [6, 6.07) is 10.0. The third kappa shape index (κ3) is 3.12. The number of ketones is 1. The topological polar surface area (TPSA) is 90.7 Å². The van der Waals surface area contributed by atoms with Crippen LogP contribution in [0.15, 0.2) is 54.9 Å². The summed E-state index contributed by atoms with van der Waals surface area (Å²) in [5.41, 5.74) is -0.186. The molecule has 1 atom stereocenters. The average Bonchev–Trinajstić information content (AvgIpc) is 3.18. The van der Waals surface area contributed by atoms with E-state index in [4.69, 9.17) is 9.47 Å². The molecule has 0 bridgehead atoms. The van der Waals surface area contributed by atoms with Crippen LogP contribution >= 0.6 is 0 Å². The number of aromatic nitrogens is 2. The standard InChI is InChI=1S/C19H13FN2O5/c20-12-5-6-14(23)13(7-12)18(24)11-8-21-22(9-11)19(25)17-10-26-15-3-1-2-4-16(15)27-17/h1-9,17,23H,10H2. The number of benzene rings is 2. The van der Waals surface area contributed by atoms with Crippen LogP contribution in [0.3, 0.4) is 0 Å². The van der Waals surface area contributed by atoms with Crippen molar-refractivity contribution in [2.45, 2.75) is 6.10 Å². The first-order chi connectivity index (χ1) is 13.0. The van der Waals surface area contributed by atoms with Gasteiger partial charge in [0.15, 0.2) is 17.3 Å². The number of nitrogens with zero attached hydrogens (tertiary/aromatic N) is 2. The number of ether oxygens (including phenoxy) is 2. The first-order valence-electron chi connectivity index (χ1n) is 8.03. The van der Waals surface area contributed by atoms with Gasteiger partial charge in [0.25, 0.3) is 5.91 Å². The van der Waals surface area contributed by atoms with Crippen molar-refractivity contribution in [3.63, 3.8) is 0 Å². The Labute approximate surface area is 152 Å². The lowest BCUT2D eigenvalue weighted by molar-refractivity contribution is 0.0485. The molecular formula is C19H13FN2O5. The molecule has 1 unspecified atom stereocenters. The van der Waals surface area contributed by atoms with Crippen LogP contribution in [0.1, 0.15) is 20.7 Å². The number of carbonyl (C=O) groups excluding carboxylic acids is 2. The smallest absolute Gasteiger partial charge is 0.291 e. The highest BCUT2D eigenvalue weighted by molar-refractivity contribution is 6.10. The molecule has 0 aliphatic carbocycles. The van der Waals surface area contributed by atoms with Crippen LogP contribution in [-0.2, 0) is 0 Å². The molecule has 3 aromatic rings. The number of aromatic hydroxyl groups is 1. The molecular weight excluding hydrogens is 355 g/mol. The van der Waals surface area contributed by atoms with Crippen LogP contribution in [0.2, 0.25) is 0 Å². The zero-order valence-electron chi connectivity index (χ0n) is 13.8. The van der Waals surface area contributed by atoms with E-state index in [9.17, 15) is 19.1 Å². The third-order valence-electron chi connectivity index (χ3n) is 4.06. The van der Waals surface area contributed by atoms with Crippen LogP contribution in [0, 0.1) is 5.82 Å². The lowest BCUT2D eigenvalue weighted by Gasteiger charge is -2.24. The van der Waals surface area contributed by atoms with Crippen molar-refractivity contribution >= 4 is 11.7 Å². The minimum absolute atomic E-state index is 0.00364. The molecule has 1 aliphatic heterocycles. The molecule has 0 amide bonds. The number of phenols is 1. The van der Waals surface area contributed by atoms with Gasteiger partial charge in [-0.3, -0.25) is 9.59 Å². The molecule has 1 N–H and O–H groups in total. The third-order valence-corrected chi connectivity index (χ3v) is 4.06.